The molecule has 0 saturated heterocycles. The number of rotatable bonds is 4. The normalized spacial score (nSPS) is 17.3. The van der Waals surface area contributed by atoms with Crippen LogP contribution in [0.1, 0.15) is 50.3 Å². The summed E-state index contributed by atoms with van der Waals surface area (Å²) in [5, 5.41) is 12.5. The van der Waals surface area contributed by atoms with Crippen LogP contribution in [0.25, 0.3) is 0 Å². The molecule has 112 valence electrons. The molecule has 1 aromatic carbocycles. The summed E-state index contributed by atoms with van der Waals surface area (Å²) in [5.74, 6) is -0.282. The van der Waals surface area contributed by atoms with Gasteiger partial charge in [0, 0.05) is 6.04 Å². The number of tetrazole rings is 1. The Labute approximate surface area is 127 Å². The summed E-state index contributed by atoms with van der Waals surface area (Å²) >= 11 is 1.27. The van der Waals surface area contributed by atoms with E-state index in [1.54, 1.807) is 6.07 Å². The first kappa shape index (κ1) is 14.5. The Morgan fingerprint density at radius 3 is 2.81 bits per heavy atom. The Hall–Kier alpha value is -1.47. The van der Waals surface area contributed by atoms with E-state index in [-0.39, 0.29) is 11.9 Å². The summed E-state index contributed by atoms with van der Waals surface area (Å²) < 4.78 is 16.0. The minimum atomic E-state index is -0.282. The van der Waals surface area contributed by atoms with E-state index < -0.39 is 0 Å². The van der Waals surface area contributed by atoms with Gasteiger partial charge in [-0.3, -0.25) is 0 Å². The lowest BCUT2D eigenvalue weighted by Gasteiger charge is -2.11. The predicted molar refractivity (Wildman–Crippen MR) is 78.4 cm³/mol. The van der Waals surface area contributed by atoms with E-state index in [4.69, 9.17) is 5.73 Å². The highest BCUT2D eigenvalue weighted by atomic mass is 32.2. The van der Waals surface area contributed by atoms with Gasteiger partial charge >= 0.3 is 0 Å². The maximum Gasteiger partial charge on any atom is 0.214 e. The third-order valence-corrected chi connectivity index (χ3v) is 4.82. The van der Waals surface area contributed by atoms with E-state index in [1.807, 2.05) is 17.7 Å². The summed E-state index contributed by atoms with van der Waals surface area (Å²) in [4.78, 5) is 0.522. The van der Waals surface area contributed by atoms with Gasteiger partial charge in [-0.05, 0) is 59.7 Å². The standard InChI is InChI=1S/C14H18FN5S/c1-9(16)10-6-7-13(12(15)8-10)21-14-17-18-19-20(14)11-4-2-3-5-11/h6-9,11H,2-5,16H2,1H3/t9-/m1/s1. The number of benzene rings is 1. The van der Waals surface area contributed by atoms with Crippen LogP contribution < -0.4 is 5.73 Å². The Morgan fingerprint density at radius 1 is 1.38 bits per heavy atom. The summed E-state index contributed by atoms with van der Waals surface area (Å²) in [5.41, 5.74) is 6.55. The molecule has 1 fully saturated rings. The van der Waals surface area contributed by atoms with Gasteiger partial charge in [-0.2, -0.15) is 0 Å². The van der Waals surface area contributed by atoms with Crippen molar-refractivity contribution in [1.82, 2.24) is 20.2 Å². The largest absolute Gasteiger partial charge is 0.324 e. The Morgan fingerprint density at radius 2 is 2.14 bits per heavy atom. The second-order valence-corrected chi connectivity index (χ2v) is 6.43. The van der Waals surface area contributed by atoms with Crippen LogP contribution in [0.3, 0.4) is 0 Å². The second-order valence-electron chi connectivity index (χ2n) is 5.42. The van der Waals surface area contributed by atoms with Crippen LogP contribution >= 0.6 is 11.8 Å². The lowest BCUT2D eigenvalue weighted by Crippen LogP contribution is -2.08. The predicted octanol–water partition coefficient (Wildman–Crippen LogP) is 3.10. The van der Waals surface area contributed by atoms with Crippen molar-refractivity contribution in [2.24, 2.45) is 5.73 Å². The molecule has 0 unspecified atom stereocenters. The molecule has 7 heteroatoms. The molecule has 2 N–H and O–H groups in total. The van der Waals surface area contributed by atoms with Crippen molar-refractivity contribution in [2.75, 3.05) is 0 Å². The Balaban J connectivity index is 1.82. The first-order valence-electron chi connectivity index (χ1n) is 7.16. The van der Waals surface area contributed by atoms with Crippen molar-refractivity contribution in [1.29, 1.82) is 0 Å². The van der Waals surface area contributed by atoms with E-state index in [9.17, 15) is 4.39 Å². The van der Waals surface area contributed by atoms with E-state index in [2.05, 4.69) is 15.5 Å². The van der Waals surface area contributed by atoms with Gasteiger partial charge < -0.3 is 5.73 Å². The second kappa shape index (κ2) is 6.11. The molecule has 1 heterocycles. The number of nitrogens with two attached hydrogens (primary N) is 1. The Bertz CT molecular complexity index is 622. The van der Waals surface area contributed by atoms with Crippen LogP contribution in [-0.4, -0.2) is 20.2 Å². The van der Waals surface area contributed by atoms with E-state index in [0.717, 1.165) is 18.4 Å². The zero-order valence-electron chi connectivity index (χ0n) is 11.9. The van der Waals surface area contributed by atoms with E-state index in [1.165, 1.54) is 30.7 Å². The maximum absolute atomic E-state index is 14.2. The third-order valence-electron chi connectivity index (χ3n) is 3.82. The van der Waals surface area contributed by atoms with Crippen LogP contribution in [0.15, 0.2) is 28.3 Å². The van der Waals surface area contributed by atoms with Crippen molar-refractivity contribution in [3.8, 4) is 0 Å². The van der Waals surface area contributed by atoms with Crippen LogP contribution in [0, 0.1) is 5.82 Å². The minimum absolute atomic E-state index is 0.178. The molecule has 5 nitrogen and oxygen atoms in total. The van der Waals surface area contributed by atoms with Gasteiger partial charge in [-0.25, -0.2) is 9.07 Å². The lowest BCUT2D eigenvalue weighted by atomic mass is 10.1. The summed E-state index contributed by atoms with van der Waals surface area (Å²) in [6.45, 7) is 1.84. The maximum atomic E-state index is 14.2. The number of aromatic nitrogens is 4. The topological polar surface area (TPSA) is 69.6 Å². The molecule has 0 radical (unpaired) electrons. The summed E-state index contributed by atoms with van der Waals surface area (Å²) in [6, 6.07) is 5.24. The third kappa shape index (κ3) is 3.08. The van der Waals surface area contributed by atoms with Gasteiger partial charge in [0.1, 0.15) is 5.82 Å². The smallest absolute Gasteiger partial charge is 0.214 e. The van der Waals surface area contributed by atoms with Gasteiger partial charge in [-0.15, -0.1) is 5.10 Å². The molecule has 0 aliphatic heterocycles. The quantitative estimate of drug-likeness (QED) is 0.940. The number of nitrogens with zero attached hydrogens (tertiary/aromatic N) is 4. The van der Waals surface area contributed by atoms with Gasteiger partial charge in [0.2, 0.25) is 5.16 Å². The van der Waals surface area contributed by atoms with Crippen molar-refractivity contribution in [2.45, 2.75) is 54.7 Å². The first-order chi connectivity index (χ1) is 10.1. The van der Waals surface area contributed by atoms with E-state index in [0.29, 0.717) is 16.1 Å². The SMILES string of the molecule is C[C@@H](N)c1ccc(Sc2nnnn2C2CCCC2)c(F)c1. The van der Waals surface area contributed by atoms with E-state index >= 15 is 0 Å². The van der Waals surface area contributed by atoms with Gasteiger partial charge in [-0.1, -0.05) is 18.9 Å². The highest BCUT2D eigenvalue weighted by Gasteiger charge is 2.22. The fourth-order valence-corrected chi connectivity index (χ4v) is 3.46. The fourth-order valence-electron chi connectivity index (χ4n) is 2.61. The van der Waals surface area contributed by atoms with Crippen LogP contribution in [-0.2, 0) is 0 Å². The molecular weight excluding hydrogens is 289 g/mol. The monoisotopic (exact) mass is 307 g/mol. The molecular formula is C14H18FN5S. The molecule has 1 aromatic heterocycles. The Kier molecular flexibility index (Phi) is 4.21. The van der Waals surface area contributed by atoms with Crippen molar-refractivity contribution >= 4 is 11.8 Å². The molecule has 0 amide bonds. The molecule has 21 heavy (non-hydrogen) atoms. The average molecular weight is 307 g/mol. The van der Waals surface area contributed by atoms with Crippen LogP contribution in [0.4, 0.5) is 4.39 Å². The fraction of sp³-hybridized carbons (Fsp3) is 0.500. The van der Waals surface area contributed by atoms with Crippen molar-refractivity contribution < 1.29 is 4.39 Å². The molecule has 2 aromatic rings. The summed E-state index contributed by atoms with van der Waals surface area (Å²) in [7, 11) is 0. The van der Waals surface area contributed by atoms with Crippen LogP contribution in [0.2, 0.25) is 0 Å². The van der Waals surface area contributed by atoms with Crippen LogP contribution in [0.5, 0.6) is 0 Å². The molecule has 1 atom stereocenters. The van der Waals surface area contributed by atoms with Crippen molar-refractivity contribution in [3.05, 3.63) is 29.6 Å². The highest BCUT2D eigenvalue weighted by molar-refractivity contribution is 7.99. The molecule has 1 aliphatic rings. The number of hydrogen-bond acceptors (Lipinski definition) is 5. The zero-order valence-corrected chi connectivity index (χ0v) is 12.7. The number of hydrogen-bond donors (Lipinski definition) is 1. The molecule has 0 bridgehead atoms. The van der Waals surface area contributed by atoms with Gasteiger partial charge in [0.15, 0.2) is 0 Å². The molecule has 0 spiro atoms. The van der Waals surface area contributed by atoms with Gasteiger partial charge in [0.05, 0.1) is 10.9 Å². The minimum Gasteiger partial charge on any atom is -0.324 e. The molecule has 3 rings (SSSR count). The molecule has 1 saturated carbocycles. The van der Waals surface area contributed by atoms with Crippen molar-refractivity contribution in [3.63, 3.8) is 0 Å². The first-order valence-corrected chi connectivity index (χ1v) is 7.97. The van der Waals surface area contributed by atoms with Gasteiger partial charge in [0.25, 0.3) is 0 Å². The average Bonchev–Trinajstić information content (AvgIpc) is 3.11. The lowest BCUT2D eigenvalue weighted by molar-refractivity contribution is 0.423. The number of halogens is 1. The zero-order chi connectivity index (χ0) is 14.8. The summed E-state index contributed by atoms with van der Waals surface area (Å²) in [6.07, 6.45) is 4.58. The highest BCUT2D eigenvalue weighted by Crippen LogP contribution is 2.35. The molecule has 1 aliphatic carbocycles.